The number of benzene rings is 1. The third-order valence-corrected chi connectivity index (χ3v) is 2.86. The molecule has 0 atom stereocenters. The molecule has 0 spiro atoms. The van der Waals surface area contributed by atoms with E-state index in [1.165, 1.54) is 12.1 Å². The van der Waals surface area contributed by atoms with E-state index in [9.17, 15) is 4.79 Å². The van der Waals surface area contributed by atoms with Crippen LogP contribution in [0.2, 0.25) is 5.02 Å². The van der Waals surface area contributed by atoms with Gasteiger partial charge >= 0.3 is 5.97 Å². The smallest absolute Gasteiger partial charge is 0.338 e. The number of hydrogen-bond donors (Lipinski definition) is 1. The molecule has 0 aliphatic heterocycles. The van der Waals surface area contributed by atoms with Gasteiger partial charge < -0.3 is 10.5 Å². The van der Waals surface area contributed by atoms with Crippen molar-refractivity contribution >= 4 is 23.3 Å². The first kappa shape index (κ1) is 15.3. The Morgan fingerprint density at radius 1 is 1.47 bits per heavy atom. The van der Waals surface area contributed by atoms with Crippen molar-refractivity contribution in [1.82, 2.24) is 0 Å². The second-order valence-electron chi connectivity index (χ2n) is 5.01. The van der Waals surface area contributed by atoms with Gasteiger partial charge in [0.05, 0.1) is 23.7 Å². The summed E-state index contributed by atoms with van der Waals surface area (Å²) in [6.45, 7) is 3.98. The van der Waals surface area contributed by atoms with E-state index in [-0.39, 0.29) is 6.61 Å². The van der Waals surface area contributed by atoms with E-state index in [1.54, 1.807) is 6.07 Å². The number of halogens is 1. The Kier molecular flexibility index (Phi) is 5.20. The molecule has 1 aromatic rings. The van der Waals surface area contributed by atoms with Crippen molar-refractivity contribution in [2.24, 2.45) is 5.41 Å². The van der Waals surface area contributed by atoms with Crippen molar-refractivity contribution in [1.29, 1.82) is 5.26 Å². The molecular weight excluding hydrogens is 264 g/mol. The van der Waals surface area contributed by atoms with Crippen LogP contribution in [0, 0.1) is 16.7 Å². The zero-order valence-electron chi connectivity index (χ0n) is 11.1. The quantitative estimate of drug-likeness (QED) is 0.509. The molecule has 0 saturated heterocycles. The Labute approximate surface area is 118 Å². The average molecular weight is 281 g/mol. The third-order valence-electron chi connectivity index (χ3n) is 2.64. The summed E-state index contributed by atoms with van der Waals surface area (Å²) in [7, 11) is 0. The van der Waals surface area contributed by atoms with Gasteiger partial charge in [0.15, 0.2) is 0 Å². The van der Waals surface area contributed by atoms with Gasteiger partial charge in [-0.3, -0.25) is 0 Å². The molecule has 0 amide bonds. The molecule has 0 aliphatic carbocycles. The normalized spacial score (nSPS) is 10.8. The van der Waals surface area contributed by atoms with Gasteiger partial charge in [0.1, 0.15) is 0 Å². The lowest BCUT2D eigenvalue weighted by molar-refractivity contribution is 0.0491. The lowest BCUT2D eigenvalue weighted by Crippen LogP contribution is -2.11. The van der Waals surface area contributed by atoms with Crippen LogP contribution in [0.15, 0.2) is 18.2 Å². The molecule has 0 unspecified atom stereocenters. The van der Waals surface area contributed by atoms with Gasteiger partial charge in [0.2, 0.25) is 0 Å². The van der Waals surface area contributed by atoms with Gasteiger partial charge in [0.25, 0.3) is 0 Å². The number of nitrogens with zero attached hydrogens (tertiary/aromatic N) is 1. The first-order valence-corrected chi connectivity index (χ1v) is 6.36. The van der Waals surface area contributed by atoms with Crippen molar-refractivity contribution in [3.8, 4) is 6.07 Å². The van der Waals surface area contributed by atoms with Crippen LogP contribution in [0.25, 0.3) is 0 Å². The topological polar surface area (TPSA) is 76.1 Å². The predicted octanol–water partition coefficient (Wildman–Crippen LogP) is 3.41. The van der Waals surface area contributed by atoms with Crippen LogP contribution in [0.3, 0.4) is 0 Å². The highest BCUT2D eigenvalue weighted by molar-refractivity contribution is 6.31. The number of nitrogens with two attached hydrogens (primary N) is 1. The molecule has 0 aromatic heterocycles. The zero-order chi connectivity index (χ0) is 14.5. The number of nitriles is 1. The van der Waals surface area contributed by atoms with Gasteiger partial charge in [-0.1, -0.05) is 11.6 Å². The summed E-state index contributed by atoms with van der Waals surface area (Å²) in [5.74, 6) is -0.455. The van der Waals surface area contributed by atoms with E-state index in [0.717, 1.165) is 0 Å². The number of rotatable bonds is 5. The Morgan fingerprint density at radius 2 is 2.16 bits per heavy atom. The molecule has 0 saturated carbocycles. The number of ether oxygens (including phenoxy) is 1. The molecule has 0 heterocycles. The summed E-state index contributed by atoms with van der Waals surface area (Å²) in [4.78, 5) is 11.7. The number of nitrogen functional groups attached to an aromatic ring is 1. The fraction of sp³-hybridized carbons (Fsp3) is 0.429. The van der Waals surface area contributed by atoms with Crippen LogP contribution < -0.4 is 5.73 Å². The maximum Gasteiger partial charge on any atom is 0.338 e. The number of esters is 1. The summed E-state index contributed by atoms with van der Waals surface area (Å²) in [5, 5.41) is 9.26. The fourth-order valence-corrected chi connectivity index (χ4v) is 1.79. The van der Waals surface area contributed by atoms with Gasteiger partial charge in [-0.2, -0.15) is 5.26 Å². The minimum Gasteiger partial charge on any atom is -0.462 e. The zero-order valence-corrected chi connectivity index (χ0v) is 11.8. The number of anilines is 1. The molecule has 0 radical (unpaired) electrons. The minimum atomic E-state index is -0.455. The maximum atomic E-state index is 11.7. The molecule has 0 aliphatic rings. The second kappa shape index (κ2) is 6.44. The number of carbonyl (C=O) groups excluding carboxylic acids is 1. The highest BCUT2D eigenvalue weighted by Gasteiger charge is 2.16. The lowest BCUT2D eigenvalue weighted by atomic mass is 9.90. The monoisotopic (exact) mass is 280 g/mol. The SMILES string of the molecule is CC(C)(C#N)CCCOC(=O)c1cc(N)cc(Cl)c1. The molecule has 102 valence electrons. The van der Waals surface area contributed by atoms with E-state index >= 15 is 0 Å². The fourth-order valence-electron chi connectivity index (χ4n) is 1.55. The summed E-state index contributed by atoms with van der Waals surface area (Å²) in [5.41, 5.74) is 5.96. The Hall–Kier alpha value is -1.73. The molecule has 5 heteroatoms. The highest BCUT2D eigenvalue weighted by atomic mass is 35.5. The Morgan fingerprint density at radius 3 is 2.74 bits per heavy atom. The average Bonchev–Trinajstić information content (AvgIpc) is 2.33. The van der Waals surface area contributed by atoms with E-state index in [0.29, 0.717) is 29.1 Å². The Balaban J connectivity index is 2.46. The molecule has 4 nitrogen and oxygen atoms in total. The van der Waals surface area contributed by atoms with Crippen molar-refractivity contribution in [2.45, 2.75) is 26.7 Å². The molecule has 0 bridgehead atoms. The minimum absolute atomic E-state index is 0.274. The lowest BCUT2D eigenvalue weighted by Gasteiger charge is -2.14. The van der Waals surface area contributed by atoms with E-state index < -0.39 is 11.4 Å². The van der Waals surface area contributed by atoms with E-state index in [1.807, 2.05) is 13.8 Å². The largest absolute Gasteiger partial charge is 0.462 e. The number of hydrogen-bond acceptors (Lipinski definition) is 4. The van der Waals surface area contributed by atoms with Gasteiger partial charge in [-0.15, -0.1) is 0 Å². The molecule has 19 heavy (non-hydrogen) atoms. The standard InChI is InChI=1S/C14H17ClN2O2/c1-14(2,9-16)4-3-5-19-13(18)10-6-11(15)8-12(17)7-10/h6-8H,3-5,17H2,1-2H3. The van der Waals surface area contributed by atoms with Crippen LogP contribution in [0.1, 0.15) is 37.0 Å². The van der Waals surface area contributed by atoms with Crippen molar-refractivity contribution in [3.63, 3.8) is 0 Å². The van der Waals surface area contributed by atoms with Crippen molar-refractivity contribution < 1.29 is 9.53 Å². The van der Waals surface area contributed by atoms with E-state index in [4.69, 9.17) is 27.3 Å². The van der Waals surface area contributed by atoms with Crippen LogP contribution in [-0.4, -0.2) is 12.6 Å². The first-order chi connectivity index (χ1) is 8.84. The predicted molar refractivity (Wildman–Crippen MR) is 74.8 cm³/mol. The van der Waals surface area contributed by atoms with Crippen LogP contribution in [-0.2, 0) is 4.74 Å². The van der Waals surface area contributed by atoms with Gasteiger partial charge in [0, 0.05) is 10.7 Å². The van der Waals surface area contributed by atoms with Crippen LogP contribution in [0.5, 0.6) is 0 Å². The van der Waals surface area contributed by atoms with Crippen LogP contribution >= 0.6 is 11.6 Å². The Bertz CT molecular complexity index is 486. The summed E-state index contributed by atoms with van der Waals surface area (Å²) in [6.07, 6.45) is 1.32. The summed E-state index contributed by atoms with van der Waals surface area (Å²) >= 11 is 5.81. The van der Waals surface area contributed by atoms with Crippen LogP contribution in [0.4, 0.5) is 5.69 Å². The number of carbonyl (C=O) groups is 1. The molecule has 2 N–H and O–H groups in total. The molecule has 1 aromatic carbocycles. The third kappa shape index (κ3) is 5.19. The van der Waals surface area contributed by atoms with E-state index in [2.05, 4.69) is 6.07 Å². The van der Waals surface area contributed by atoms with Gasteiger partial charge in [-0.25, -0.2) is 4.79 Å². The van der Waals surface area contributed by atoms with Crippen molar-refractivity contribution in [2.75, 3.05) is 12.3 Å². The van der Waals surface area contributed by atoms with Gasteiger partial charge in [-0.05, 0) is 44.9 Å². The first-order valence-electron chi connectivity index (χ1n) is 5.98. The maximum absolute atomic E-state index is 11.7. The second-order valence-corrected chi connectivity index (χ2v) is 5.44. The summed E-state index contributed by atoms with van der Waals surface area (Å²) < 4.78 is 5.12. The van der Waals surface area contributed by atoms with Crippen molar-refractivity contribution in [3.05, 3.63) is 28.8 Å². The molecular formula is C14H17ClN2O2. The highest BCUT2D eigenvalue weighted by Crippen LogP contribution is 2.21. The summed E-state index contributed by atoms with van der Waals surface area (Å²) in [6, 6.07) is 6.80. The molecule has 1 rings (SSSR count). The molecule has 0 fully saturated rings.